The van der Waals surface area contributed by atoms with Crippen LogP contribution >= 0.6 is 0 Å². The molecule has 0 atom stereocenters. The molecular weight excluding hydrogens is 132 g/mol. The topological polar surface area (TPSA) is 0 Å². The summed E-state index contributed by atoms with van der Waals surface area (Å²) < 4.78 is 0. The van der Waals surface area contributed by atoms with Crippen molar-refractivity contribution in [2.45, 2.75) is 12.8 Å². The Hall–Kier alpha value is -1.04. The quantitative estimate of drug-likeness (QED) is 0.524. The van der Waals surface area contributed by atoms with Crippen LogP contribution < -0.4 is 0 Å². The SMILES string of the molecule is [CH2]C1=Cc2ccccc2CC1. The number of allylic oxidation sites excluding steroid dienone is 1. The van der Waals surface area contributed by atoms with Gasteiger partial charge in [-0.15, -0.1) is 0 Å². The molecule has 0 aliphatic heterocycles. The van der Waals surface area contributed by atoms with E-state index in [0.29, 0.717) is 0 Å². The minimum atomic E-state index is 1.12. The van der Waals surface area contributed by atoms with Gasteiger partial charge in [0, 0.05) is 0 Å². The molecule has 1 aromatic rings. The molecule has 0 nitrogen and oxygen atoms in total. The number of hydrogen-bond acceptors (Lipinski definition) is 0. The molecule has 1 aliphatic carbocycles. The molecular formula is C11H11. The van der Waals surface area contributed by atoms with E-state index in [2.05, 4.69) is 37.3 Å². The zero-order chi connectivity index (χ0) is 7.68. The second kappa shape index (κ2) is 2.54. The number of rotatable bonds is 0. The van der Waals surface area contributed by atoms with Gasteiger partial charge in [-0.05, 0) is 30.9 Å². The van der Waals surface area contributed by atoms with E-state index in [1.807, 2.05) is 0 Å². The minimum Gasteiger partial charge on any atom is -0.0690 e. The first kappa shape index (κ1) is 6.66. The maximum atomic E-state index is 3.96. The predicted octanol–water partition coefficient (Wildman–Crippen LogP) is 2.85. The molecule has 0 heterocycles. The van der Waals surface area contributed by atoms with Gasteiger partial charge >= 0.3 is 0 Å². The molecule has 1 aromatic carbocycles. The van der Waals surface area contributed by atoms with Crippen LogP contribution in [0.25, 0.3) is 6.08 Å². The first-order chi connectivity index (χ1) is 5.36. The van der Waals surface area contributed by atoms with Crippen LogP contribution in [0, 0.1) is 6.92 Å². The van der Waals surface area contributed by atoms with E-state index in [1.54, 1.807) is 0 Å². The third kappa shape index (κ3) is 1.21. The second-order valence-electron chi connectivity index (χ2n) is 3.00. The van der Waals surface area contributed by atoms with Crippen LogP contribution in [0.1, 0.15) is 17.5 Å². The molecule has 55 valence electrons. The maximum absolute atomic E-state index is 3.96. The van der Waals surface area contributed by atoms with Crippen molar-refractivity contribution in [2.75, 3.05) is 0 Å². The van der Waals surface area contributed by atoms with Gasteiger partial charge in [-0.2, -0.15) is 0 Å². The molecule has 11 heavy (non-hydrogen) atoms. The smallest absolute Gasteiger partial charge is 0.0225 e. The largest absolute Gasteiger partial charge is 0.0690 e. The molecule has 2 rings (SSSR count). The lowest BCUT2D eigenvalue weighted by molar-refractivity contribution is 0.950. The number of aryl methyl sites for hydroxylation is 1. The monoisotopic (exact) mass is 143 g/mol. The Morgan fingerprint density at radius 3 is 2.82 bits per heavy atom. The first-order valence-electron chi connectivity index (χ1n) is 3.97. The minimum absolute atomic E-state index is 1.12. The lowest BCUT2D eigenvalue weighted by Crippen LogP contribution is -1.96. The summed E-state index contributed by atoms with van der Waals surface area (Å²) in [6.45, 7) is 3.96. The Morgan fingerprint density at radius 2 is 1.91 bits per heavy atom. The highest BCUT2D eigenvalue weighted by molar-refractivity contribution is 5.60. The van der Waals surface area contributed by atoms with Gasteiger partial charge in [0.25, 0.3) is 0 Å². The summed E-state index contributed by atoms with van der Waals surface area (Å²) in [5.74, 6) is 0. The summed E-state index contributed by atoms with van der Waals surface area (Å²) in [7, 11) is 0. The van der Waals surface area contributed by atoms with E-state index >= 15 is 0 Å². The van der Waals surface area contributed by atoms with Crippen molar-refractivity contribution >= 4 is 6.08 Å². The Morgan fingerprint density at radius 1 is 1.09 bits per heavy atom. The zero-order valence-corrected chi connectivity index (χ0v) is 6.51. The van der Waals surface area contributed by atoms with Gasteiger partial charge in [-0.3, -0.25) is 0 Å². The standard InChI is InChI=1S/C11H11/c1-9-6-7-10-4-2-3-5-11(10)8-9/h2-5,8H,1,6-7H2. The van der Waals surface area contributed by atoms with E-state index in [9.17, 15) is 0 Å². The lowest BCUT2D eigenvalue weighted by Gasteiger charge is -2.12. The maximum Gasteiger partial charge on any atom is -0.0225 e. The summed E-state index contributed by atoms with van der Waals surface area (Å²) in [6.07, 6.45) is 4.46. The molecule has 0 N–H and O–H groups in total. The molecule has 1 radical (unpaired) electrons. The van der Waals surface area contributed by atoms with Gasteiger partial charge in [0.15, 0.2) is 0 Å². The molecule has 0 fully saturated rings. The third-order valence-corrected chi connectivity index (χ3v) is 2.13. The van der Waals surface area contributed by atoms with Crippen LogP contribution in [0.2, 0.25) is 0 Å². The van der Waals surface area contributed by atoms with E-state index in [0.717, 1.165) is 12.8 Å². The Balaban J connectivity index is 2.51. The highest BCUT2D eigenvalue weighted by atomic mass is 14.1. The molecule has 0 bridgehead atoms. The summed E-state index contributed by atoms with van der Waals surface area (Å²) in [6, 6.07) is 8.52. The predicted molar refractivity (Wildman–Crippen MR) is 48.1 cm³/mol. The van der Waals surface area contributed by atoms with Crippen molar-refractivity contribution in [1.82, 2.24) is 0 Å². The van der Waals surface area contributed by atoms with Crippen LogP contribution in [0.15, 0.2) is 29.8 Å². The van der Waals surface area contributed by atoms with Crippen molar-refractivity contribution in [3.63, 3.8) is 0 Å². The Bertz CT molecular complexity index is 295. The summed E-state index contributed by atoms with van der Waals surface area (Å²) in [5.41, 5.74) is 4.06. The van der Waals surface area contributed by atoms with E-state index in [4.69, 9.17) is 0 Å². The zero-order valence-electron chi connectivity index (χ0n) is 6.51. The number of benzene rings is 1. The van der Waals surface area contributed by atoms with Crippen molar-refractivity contribution in [3.05, 3.63) is 47.9 Å². The van der Waals surface area contributed by atoms with Crippen LogP contribution in [0.3, 0.4) is 0 Å². The molecule has 0 spiro atoms. The Labute approximate surface area is 67.6 Å². The van der Waals surface area contributed by atoms with Crippen molar-refractivity contribution in [2.24, 2.45) is 0 Å². The molecule has 0 heteroatoms. The first-order valence-corrected chi connectivity index (χ1v) is 3.97. The summed E-state index contributed by atoms with van der Waals surface area (Å²) in [4.78, 5) is 0. The second-order valence-corrected chi connectivity index (χ2v) is 3.00. The fourth-order valence-electron chi connectivity index (χ4n) is 1.49. The highest BCUT2D eigenvalue weighted by Gasteiger charge is 2.05. The molecule has 0 amide bonds. The van der Waals surface area contributed by atoms with Crippen LogP contribution in [0.5, 0.6) is 0 Å². The normalized spacial score (nSPS) is 15.5. The van der Waals surface area contributed by atoms with E-state index < -0.39 is 0 Å². The molecule has 0 unspecified atom stereocenters. The lowest BCUT2D eigenvalue weighted by atomic mass is 9.93. The van der Waals surface area contributed by atoms with Gasteiger partial charge in [-0.25, -0.2) is 0 Å². The summed E-state index contributed by atoms with van der Waals surface area (Å²) in [5, 5.41) is 0. The van der Waals surface area contributed by atoms with Crippen LogP contribution in [-0.2, 0) is 6.42 Å². The van der Waals surface area contributed by atoms with Gasteiger partial charge in [0.1, 0.15) is 0 Å². The van der Waals surface area contributed by atoms with Crippen molar-refractivity contribution < 1.29 is 0 Å². The van der Waals surface area contributed by atoms with Gasteiger partial charge in [0.2, 0.25) is 0 Å². The highest BCUT2D eigenvalue weighted by Crippen LogP contribution is 2.22. The van der Waals surface area contributed by atoms with Crippen LogP contribution in [0.4, 0.5) is 0 Å². The third-order valence-electron chi connectivity index (χ3n) is 2.13. The van der Waals surface area contributed by atoms with Crippen LogP contribution in [-0.4, -0.2) is 0 Å². The molecule has 0 saturated heterocycles. The van der Waals surface area contributed by atoms with Crippen molar-refractivity contribution in [1.29, 1.82) is 0 Å². The Kier molecular flexibility index (Phi) is 1.54. The van der Waals surface area contributed by atoms with Crippen molar-refractivity contribution in [3.8, 4) is 0 Å². The molecule has 0 aromatic heterocycles. The van der Waals surface area contributed by atoms with E-state index in [1.165, 1.54) is 16.7 Å². The fraction of sp³-hybridized carbons (Fsp3) is 0.182. The van der Waals surface area contributed by atoms with Gasteiger partial charge in [-0.1, -0.05) is 35.9 Å². The van der Waals surface area contributed by atoms with Gasteiger partial charge in [0.05, 0.1) is 0 Å². The molecule has 0 saturated carbocycles. The fourth-order valence-corrected chi connectivity index (χ4v) is 1.49. The van der Waals surface area contributed by atoms with E-state index in [-0.39, 0.29) is 0 Å². The number of hydrogen-bond donors (Lipinski definition) is 0. The average molecular weight is 143 g/mol. The summed E-state index contributed by atoms with van der Waals surface area (Å²) >= 11 is 0. The molecule has 1 aliphatic rings. The van der Waals surface area contributed by atoms with Gasteiger partial charge < -0.3 is 0 Å². The number of fused-ring (bicyclic) bond motifs is 1. The average Bonchev–Trinajstić information content (AvgIpc) is 2.04.